The van der Waals surface area contributed by atoms with E-state index >= 15 is 0 Å². The van der Waals surface area contributed by atoms with Crippen molar-refractivity contribution in [2.75, 3.05) is 0 Å². The van der Waals surface area contributed by atoms with Gasteiger partial charge in [-0.3, -0.25) is 0 Å². The Morgan fingerprint density at radius 1 is 1.44 bits per heavy atom. The van der Waals surface area contributed by atoms with Crippen molar-refractivity contribution in [3.63, 3.8) is 0 Å². The van der Waals surface area contributed by atoms with E-state index in [0.29, 0.717) is 12.8 Å². The Bertz CT molecular complexity index is 99.1. The summed E-state index contributed by atoms with van der Waals surface area (Å²) in [6.07, 6.45) is -0.260. The quantitative estimate of drug-likeness (QED) is 0.495. The zero-order valence-electron chi connectivity index (χ0n) is 5.26. The zero-order valence-corrected chi connectivity index (χ0v) is 5.26. The average Bonchev–Trinajstić information content (AvgIpc) is 1.80. The van der Waals surface area contributed by atoms with Crippen molar-refractivity contribution < 1.29 is 9.50 Å². The second-order valence-corrected chi connectivity index (χ2v) is 2.66. The molecule has 0 heterocycles. The van der Waals surface area contributed by atoms with E-state index in [9.17, 15) is 4.39 Å². The summed E-state index contributed by atoms with van der Waals surface area (Å²) in [5.41, 5.74) is 5.44. The number of nitrogens with two attached hydrogens (primary N) is 1. The van der Waals surface area contributed by atoms with E-state index in [-0.39, 0.29) is 6.04 Å². The molecule has 2 nitrogen and oxygen atoms in total. The molecule has 3 heteroatoms. The highest BCUT2D eigenvalue weighted by Gasteiger charge is 2.26. The Morgan fingerprint density at radius 3 is 2.56 bits per heavy atom. The van der Waals surface area contributed by atoms with Gasteiger partial charge in [0.05, 0.1) is 6.10 Å². The van der Waals surface area contributed by atoms with Crippen LogP contribution in [0.2, 0.25) is 0 Å². The van der Waals surface area contributed by atoms with Gasteiger partial charge in [-0.1, -0.05) is 0 Å². The van der Waals surface area contributed by atoms with Gasteiger partial charge in [0.1, 0.15) is 6.17 Å². The molecule has 0 spiro atoms. The Morgan fingerprint density at radius 2 is 2.11 bits per heavy atom. The molecule has 0 radical (unpaired) electrons. The van der Waals surface area contributed by atoms with Crippen LogP contribution in [0.15, 0.2) is 0 Å². The molecule has 54 valence electrons. The van der Waals surface area contributed by atoms with Crippen LogP contribution in [0.4, 0.5) is 4.39 Å². The third kappa shape index (κ3) is 1.63. The van der Waals surface area contributed by atoms with Crippen molar-refractivity contribution in [2.45, 2.75) is 37.6 Å². The van der Waals surface area contributed by atoms with E-state index in [4.69, 9.17) is 10.8 Å². The second kappa shape index (κ2) is 2.62. The molecule has 1 aliphatic rings. The van der Waals surface area contributed by atoms with Crippen LogP contribution in [0, 0.1) is 0 Å². The molecule has 0 aromatic heterocycles. The number of halogens is 1. The first-order chi connectivity index (χ1) is 4.20. The standard InChI is InChI=1S/C6H12FNO/c7-5-3-4(8)1-2-6(5)9/h4-6,9H,1-3,8H2. The van der Waals surface area contributed by atoms with E-state index in [1.54, 1.807) is 0 Å². The maximum absolute atomic E-state index is 12.5. The van der Waals surface area contributed by atoms with E-state index in [2.05, 4.69) is 0 Å². The molecule has 0 aliphatic heterocycles. The minimum atomic E-state index is -1.09. The summed E-state index contributed by atoms with van der Waals surface area (Å²) in [6.45, 7) is 0. The summed E-state index contributed by atoms with van der Waals surface area (Å²) in [5, 5.41) is 8.86. The number of aliphatic hydroxyl groups excluding tert-OH is 1. The number of rotatable bonds is 0. The molecule has 1 rings (SSSR count). The Hall–Kier alpha value is -0.150. The molecule has 1 fully saturated rings. The lowest BCUT2D eigenvalue weighted by Crippen LogP contribution is -2.37. The molecule has 0 amide bonds. The van der Waals surface area contributed by atoms with Gasteiger partial charge in [-0.25, -0.2) is 4.39 Å². The van der Waals surface area contributed by atoms with Gasteiger partial charge in [0.15, 0.2) is 0 Å². The van der Waals surface area contributed by atoms with Crippen molar-refractivity contribution in [1.82, 2.24) is 0 Å². The average molecular weight is 133 g/mol. The smallest absolute Gasteiger partial charge is 0.127 e. The van der Waals surface area contributed by atoms with Gasteiger partial charge in [0.25, 0.3) is 0 Å². The zero-order chi connectivity index (χ0) is 6.85. The predicted molar refractivity (Wildman–Crippen MR) is 32.7 cm³/mol. The monoisotopic (exact) mass is 133 g/mol. The Kier molecular flexibility index (Phi) is 2.03. The highest BCUT2D eigenvalue weighted by Crippen LogP contribution is 2.19. The Balaban J connectivity index is 2.35. The van der Waals surface area contributed by atoms with Gasteiger partial charge >= 0.3 is 0 Å². The minimum Gasteiger partial charge on any atom is -0.390 e. The number of aliphatic hydroxyl groups is 1. The van der Waals surface area contributed by atoms with E-state index in [1.807, 2.05) is 0 Å². The molecule has 0 aromatic carbocycles. The van der Waals surface area contributed by atoms with Gasteiger partial charge in [-0.05, 0) is 19.3 Å². The molecule has 1 saturated carbocycles. The van der Waals surface area contributed by atoms with Crippen molar-refractivity contribution in [3.8, 4) is 0 Å². The van der Waals surface area contributed by atoms with E-state index in [1.165, 1.54) is 0 Å². The van der Waals surface area contributed by atoms with E-state index < -0.39 is 12.3 Å². The van der Waals surface area contributed by atoms with Gasteiger partial charge in [-0.2, -0.15) is 0 Å². The topological polar surface area (TPSA) is 46.2 Å². The van der Waals surface area contributed by atoms with Crippen LogP contribution >= 0.6 is 0 Å². The normalized spacial score (nSPS) is 45.0. The summed E-state index contributed by atoms with van der Waals surface area (Å²) >= 11 is 0. The lowest BCUT2D eigenvalue weighted by Gasteiger charge is -2.25. The first-order valence-corrected chi connectivity index (χ1v) is 3.28. The second-order valence-electron chi connectivity index (χ2n) is 2.66. The molecule has 0 bridgehead atoms. The maximum Gasteiger partial charge on any atom is 0.127 e. The van der Waals surface area contributed by atoms with Crippen LogP contribution in [0.25, 0.3) is 0 Å². The predicted octanol–water partition coefficient (Wildman–Crippen LogP) is 0.197. The van der Waals surface area contributed by atoms with Gasteiger partial charge < -0.3 is 10.8 Å². The van der Waals surface area contributed by atoms with Crippen LogP contribution in [0.3, 0.4) is 0 Å². The van der Waals surface area contributed by atoms with Gasteiger partial charge in [0, 0.05) is 6.04 Å². The van der Waals surface area contributed by atoms with Crippen LogP contribution in [0.1, 0.15) is 19.3 Å². The first kappa shape index (κ1) is 6.96. The number of hydrogen-bond donors (Lipinski definition) is 2. The van der Waals surface area contributed by atoms with Crippen molar-refractivity contribution in [3.05, 3.63) is 0 Å². The largest absolute Gasteiger partial charge is 0.390 e. The summed E-state index contributed by atoms with van der Waals surface area (Å²) in [4.78, 5) is 0. The first-order valence-electron chi connectivity index (χ1n) is 3.28. The summed E-state index contributed by atoms with van der Waals surface area (Å²) in [6, 6.07) is -0.0385. The summed E-state index contributed by atoms with van der Waals surface area (Å²) in [7, 11) is 0. The van der Waals surface area contributed by atoms with E-state index in [0.717, 1.165) is 6.42 Å². The molecule has 3 N–H and O–H groups in total. The fourth-order valence-electron chi connectivity index (χ4n) is 1.13. The Labute approximate surface area is 53.9 Å². The van der Waals surface area contributed by atoms with Gasteiger partial charge in [0.2, 0.25) is 0 Å². The summed E-state index contributed by atoms with van der Waals surface area (Å²) in [5.74, 6) is 0. The van der Waals surface area contributed by atoms with Crippen molar-refractivity contribution in [2.24, 2.45) is 5.73 Å². The molecule has 1 aliphatic carbocycles. The summed E-state index contributed by atoms with van der Waals surface area (Å²) < 4.78 is 12.5. The molecule has 0 saturated heterocycles. The van der Waals surface area contributed by atoms with Crippen LogP contribution in [0.5, 0.6) is 0 Å². The third-order valence-corrected chi connectivity index (χ3v) is 1.78. The lowest BCUT2D eigenvalue weighted by molar-refractivity contribution is 0.0378. The fraction of sp³-hybridized carbons (Fsp3) is 1.00. The fourth-order valence-corrected chi connectivity index (χ4v) is 1.13. The third-order valence-electron chi connectivity index (χ3n) is 1.78. The van der Waals surface area contributed by atoms with Crippen LogP contribution in [-0.4, -0.2) is 23.4 Å². The number of alkyl halides is 1. The SMILES string of the molecule is NC1CCC(O)C(F)C1. The van der Waals surface area contributed by atoms with Crippen molar-refractivity contribution >= 4 is 0 Å². The van der Waals surface area contributed by atoms with Crippen molar-refractivity contribution in [1.29, 1.82) is 0 Å². The van der Waals surface area contributed by atoms with Crippen LogP contribution < -0.4 is 5.73 Å². The molecule has 3 unspecified atom stereocenters. The molecular weight excluding hydrogens is 121 g/mol. The lowest BCUT2D eigenvalue weighted by atomic mass is 9.92. The van der Waals surface area contributed by atoms with Crippen LogP contribution in [-0.2, 0) is 0 Å². The number of hydrogen-bond acceptors (Lipinski definition) is 2. The molecule has 9 heavy (non-hydrogen) atoms. The highest BCUT2D eigenvalue weighted by molar-refractivity contribution is 4.80. The molecule has 3 atom stereocenters. The molecular formula is C6H12FNO. The van der Waals surface area contributed by atoms with Gasteiger partial charge in [-0.15, -0.1) is 0 Å². The maximum atomic E-state index is 12.5. The minimum absolute atomic E-state index is 0.0385. The molecule has 0 aromatic rings. The highest BCUT2D eigenvalue weighted by atomic mass is 19.1.